The first-order valence-corrected chi connectivity index (χ1v) is 9.93. The Kier molecular flexibility index (Phi) is 6.19. The number of carbonyl (C=O) groups is 1. The molecule has 0 aliphatic heterocycles. The third-order valence-corrected chi connectivity index (χ3v) is 6.18. The van der Waals surface area contributed by atoms with Crippen molar-refractivity contribution in [1.82, 2.24) is 10.2 Å². The number of thioether (sulfide) groups is 1. The monoisotopic (exact) mass is 429 g/mol. The number of carbonyl (C=O) groups excluding carboxylic acids is 1. The van der Waals surface area contributed by atoms with E-state index in [1.807, 2.05) is 0 Å². The third kappa shape index (κ3) is 4.65. The Balaban J connectivity index is 1.65. The molecule has 9 heteroatoms. The number of nitrogens with zero attached hydrogens (tertiary/aromatic N) is 2. The van der Waals surface area contributed by atoms with Crippen LogP contribution in [-0.2, 0) is 5.75 Å². The number of hydrogen-bond acceptors (Lipinski definition) is 5. The van der Waals surface area contributed by atoms with E-state index in [-0.39, 0.29) is 5.91 Å². The summed E-state index contributed by atoms with van der Waals surface area (Å²) in [6.45, 7) is 0. The fourth-order valence-electron chi connectivity index (χ4n) is 1.93. The lowest BCUT2D eigenvalue weighted by Gasteiger charge is -2.04. The molecule has 4 nitrogen and oxygen atoms in total. The van der Waals surface area contributed by atoms with Gasteiger partial charge in [0.2, 0.25) is 5.13 Å². The van der Waals surface area contributed by atoms with Gasteiger partial charge >= 0.3 is 0 Å². The zero-order chi connectivity index (χ0) is 17.8. The first-order valence-electron chi connectivity index (χ1n) is 6.99. The van der Waals surface area contributed by atoms with E-state index >= 15 is 0 Å². The number of hydrogen-bond donors (Lipinski definition) is 1. The Morgan fingerprint density at radius 2 is 1.68 bits per heavy atom. The van der Waals surface area contributed by atoms with Crippen LogP contribution in [0.5, 0.6) is 0 Å². The smallest absolute Gasteiger partial charge is 0.259 e. The van der Waals surface area contributed by atoms with Crippen LogP contribution in [0.1, 0.15) is 15.9 Å². The summed E-state index contributed by atoms with van der Waals surface area (Å²) in [5.74, 6) is 0.235. The summed E-state index contributed by atoms with van der Waals surface area (Å²) in [7, 11) is 0. The molecule has 0 atom stereocenters. The summed E-state index contributed by atoms with van der Waals surface area (Å²) in [5, 5.41) is 12.7. The predicted molar refractivity (Wildman–Crippen MR) is 105 cm³/mol. The van der Waals surface area contributed by atoms with Crippen LogP contribution in [0.2, 0.25) is 15.1 Å². The molecule has 0 fully saturated rings. The molecule has 0 spiro atoms. The molecule has 1 N–H and O–H groups in total. The SMILES string of the molecule is O=C(Nc1nnc(SCc2c(Cl)cccc2Cl)s1)c1ccccc1Cl. The first-order chi connectivity index (χ1) is 12.0. The van der Waals surface area contributed by atoms with Gasteiger partial charge in [-0.1, -0.05) is 76.1 Å². The second kappa shape index (κ2) is 8.38. The largest absolute Gasteiger partial charge is 0.296 e. The summed E-state index contributed by atoms with van der Waals surface area (Å²) >= 11 is 21.0. The van der Waals surface area contributed by atoms with E-state index in [1.54, 1.807) is 42.5 Å². The molecule has 3 rings (SSSR count). The number of aromatic nitrogens is 2. The molecule has 128 valence electrons. The van der Waals surface area contributed by atoms with Crippen molar-refractivity contribution in [2.24, 2.45) is 0 Å². The van der Waals surface area contributed by atoms with Crippen molar-refractivity contribution in [3.8, 4) is 0 Å². The van der Waals surface area contributed by atoms with E-state index in [2.05, 4.69) is 15.5 Å². The summed E-state index contributed by atoms with van der Waals surface area (Å²) in [5.41, 5.74) is 1.23. The van der Waals surface area contributed by atoms with Crippen LogP contribution in [-0.4, -0.2) is 16.1 Å². The number of benzene rings is 2. The molecule has 0 unspecified atom stereocenters. The maximum Gasteiger partial charge on any atom is 0.259 e. The standard InChI is InChI=1S/C16H10Cl3N3OS2/c17-11-5-2-1-4-9(11)14(23)20-15-21-22-16(25-15)24-8-10-12(18)6-3-7-13(10)19/h1-7H,8H2,(H,20,21,23). The Labute approximate surface area is 167 Å². The van der Waals surface area contributed by atoms with Gasteiger partial charge < -0.3 is 0 Å². The number of nitrogens with one attached hydrogen (secondary N) is 1. The van der Waals surface area contributed by atoms with E-state index in [4.69, 9.17) is 34.8 Å². The van der Waals surface area contributed by atoms with Crippen LogP contribution in [0.4, 0.5) is 5.13 Å². The Bertz CT molecular complexity index is 897. The molecule has 0 saturated heterocycles. The third-order valence-electron chi connectivity index (χ3n) is 3.15. The molecular weight excluding hydrogens is 421 g/mol. The highest BCUT2D eigenvalue weighted by molar-refractivity contribution is 8.00. The van der Waals surface area contributed by atoms with Gasteiger partial charge in [0.25, 0.3) is 5.91 Å². The number of anilines is 1. The van der Waals surface area contributed by atoms with E-state index in [0.29, 0.717) is 35.9 Å². The van der Waals surface area contributed by atoms with Gasteiger partial charge in [-0.25, -0.2) is 0 Å². The predicted octanol–water partition coefficient (Wildman–Crippen LogP) is 6.04. The minimum absolute atomic E-state index is 0.326. The maximum absolute atomic E-state index is 12.2. The minimum Gasteiger partial charge on any atom is -0.296 e. The first kappa shape index (κ1) is 18.5. The molecule has 25 heavy (non-hydrogen) atoms. The summed E-state index contributed by atoms with van der Waals surface area (Å²) in [4.78, 5) is 12.2. The molecule has 0 aliphatic rings. The molecule has 0 radical (unpaired) electrons. The number of amides is 1. The van der Waals surface area contributed by atoms with Crippen LogP contribution in [0.3, 0.4) is 0 Å². The van der Waals surface area contributed by atoms with Crippen molar-refractivity contribution in [3.63, 3.8) is 0 Å². The van der Waals surface area contributed by atoms with Crippen LogP contribution >= 0.6 is 57.9 Å². The van der Waals surface area contributed by atoms with Gasteiger partial charge in [0.15, 0.2) is 4.34 Å². The highest BCUT2D eigenvalue weighted by atomic mass is 35.5. The van der Waals surface area contributed by atoms with Crippen molar-refractivity contribution in [3.05, 3.63) is 68.7 Å². The Hall–Kier alpha value is -1.31. The van der Waals surface area contributed by atoms with E-state index < -0.39 is 0 Å². The van der Waals surface area contributed by atoms with Gasteiger partial charge in [-0.05, 0) is 29.8 Å². The molecule has 1 heterocycles. The summed E-state index contributed by atoms with van der Waals surface area (Å²) < 4.78 is 0.699. The lowest BCUT2D eigenvalue weighted by atomic mass is 10.2. The Morgan fingerprint density at radius 3 is 2.40 bits per heavy atom. The van der Waals surface area contributed by atoms with Crippen molar-refractivity contribution < 1.29 is 4.79 Å². The molecule has 1 amide bonds. The van der Waals surface area contributed by atoms with E-state index in [9.17, 15) is 4.79 Å². The van der Waals surface area contributed by atoms with Crippen molar-refractivity contribution >= 4 is 68.9 Å². The van der Waals surface area contributed by atoms with Gasteiger partial charge in [0, 0.05) is 15.8 Å². The lowest BCUT2D eigenvalue weighted by molar-refractivity contribution is 0.102. The Morgan fingerprint density at radius 1 is 1.00 bits per heavy atom. The quantitative estimate of drug-likeness (QED) is 0.396. The van der Waals surface area contributed by atoms with Gasteiger partial charge in [-0.15, -0.1) is 10.2 Å². The van der Waals surface area contributed by atoms with Crippen LogP contribution in [0, 0.1) is 0 Å². The van der Waals surface area contributed by atoms with Crippen molar-refractivity contribution in [1.29, 1.82) is 0 Å². The highest BCUT2D eigenvalue weighted by Gasteiger charge is 2.14. The number of halogens is 3. The molecule has 1 aromatic heterocycles. The molecular formula is C16H10Cl3N3OS2. The van der Waals surface area contributed by atoms with Crippen molar-refractivity contribution in [2.75, 3.05) is 5.32 Å². The summed E-state index contributed by atoms with van der Waals surface area (Å²) in [6, 6.07) is 12.2. The molecule has 2 aromatic carbocycles. The van der Waals surface area contributed by atoms with E-state index in [0.717, 1.165) is 5.56 Å². The molecule has 0 aliphatic carbocycles. The zero-order valence-electron chi connectivity index (χ0n) is 12.5. The van der Waals surface area contributed by atoms with Gasteiger partial charge in [0.05, 0.1) is 10.6 Å². The van der Waals surface area contributed by atoms with E-state index in [1.165, 1.54) is 23.1 Å². The molecule has 3 aromatic rings. The van der Waals surface area contributed by atoms with Crippen LogP contribution in [0.25, 0.3) is 0 Å². The van der Waals surface area contributed by atoms with Crippen LogP contribution < -0.4 is 5.32 Å². The molecule has 0 saturated carbocycles. The van der Waals surface area contributed by atoms with Gasteiger partial charge in [-0.2, -0.15) is 0 Å². The second-order valence-corrected chi connectivity index (χ2v) is 8.22. The fourth-order valence-corrected chi connectivity index (χ4v) is 4.64. The summed E-state index contributed by atoms with van der Waals surface area (Å²) in [6.07, 6.45) is 0. The van der Waals surface area contributed by atoms with Gasteiger partial charge in [0.1, 0.15) is 0 Å². The second-order valence-electron chi connectivity index (χ2n) is 4.80. The zero-order valence-corrected chi connectivity index (χ0v) is 16.4. The van der Waals surface area contributed by atoms with Crippen LogP contribution in [0.15, 0.2) is 46.8 Å². The molecule has 0 bridgehead atoms. The average Bonchev–Trinajstić information content (AvgIpc) is 3.02. The average molecular weight is 431 g/mol. The number of rotatable bonds is 5. The lowest BCUT2D eigenvalue weighted by Crippen LogP contribution is -2.12. The normalized spacial score (nSPS) is 10.7. The fraction of sp³-hybridized carbons (Fsp3) is 0.0625. The topological polar surface area (TPSA) is 54.9 Å². The maximum atomic E-state index is 12.2. The highest BCUT2D eigenvalue weighted by Crippen LogP contribution is 2.33. The van der Waals surface area contributed by atoms with Crippen molar-refractivity contribution in [2.45, 2.75) is 10.1 Å². The van der Waals surface area contributed by atoms with Gasteiger partial charge in [-0.3, -0.25) is 10.1 Å². The minimum atomic E-state index is -0.326.